The Morgan fingerprint density at radius 3 is 2.51 bits per heavy atom. The molecule has 7 nitrogen and oxygen atoms in total. The van der Waals surface area contributed by atoms with E-state index in [0.717, 1.165) is 23.5 Å². The number of fused-ring (bicyclic) bond motifs is 1. The molecule has 4 rings (SSSR count). The molecule has 0 radical (unpaired) electrons. The summed E-state index contributed by atoms with van der Waals surface area (Å²) in [6, 6.07) is 11.1. The Bertz CT molecular complexity index is 1430. The van der Waals surface area contributed by atoms with Crippen LogP contribution in [0.2, 0.25) is 0 Å². The minimum atomic E-state index is -4.77. The number of nitrogens with one attached hydrogen (secondary N) is 2. The van der Waals surface area contributed by atoms with E-state index < -0.39 is 46.2 Å². The number of esters is 1. The molecule has 2 heterocycles. The van der Waals surface area contributed by atoms with Gasteiger partial charge in [0.25, 0.3) is 5.91 Å². The number of aromatic amines is 1. The molecule has 0 bridgehead atoms. The maximum absolute atomic E-state index is 13.7. The summed E-state index contributed by atoms with van der Waals surface area (Å²) in [7, 11) is 0. The number of hydrogen-bond acceptors (Lipinski definition) is 6. The molecule has 2 aromatic heterocycles. The molecule has 1 unspecified atom stereocenters. The molecule has 180 valence electrons. The maximum Gasteiger partial charge on any atom is 0.418 e. The number of carbonyl (C=O) groups is 2. The number of rotatable bonds is 6. The van der Waals surface area contributed by atoms with Crippen molar-refractivity contribution >= 4 is 39.2 Å². The zero-order chi connectivity index (χ0) is 25.2. The highest BCUT2D eigenvalue weighted by Gasteiger charge is 2.35. The molecule has 0 fully saturated rings. The van der Waals surface area contributed by atoms with Crippen LogP contribution in [0.3, 0.4) is 0 Å². The highest BCUT2D eigenvalue weighted by molar-refractivity contribution is 7.13. The van der Waals surface area contributed by atoms with E-state index >= 15 is 0 Å². The molecule has 0 saturated carbocycles. The average molecular weight is 501 g/mol. The van der Waals surface area contributed by atoms with Crippen LogP contribution in [0, 0.1) is 0 Å². The number of pyridine rings is 1. The molecule has 0 spiro atoms. The third-order valence-electron chi connectivity index (χ3n) is 5.20. The Labute approximate surface area is 200 Å². The summed E-state index contributed by atoms with van der Waals surface area (Å²) in [6.45, 7) is 1.61. The summed E-state index contributed by atoms with van der Waals surface area (Å²) in [5, 5.41) is 3.95. The predicted molar refractivity (Wildman–Crippen MR) is 125 cm³/mol. The smallest absolute Gasteiger partial charge is 0.418 e. The van der Waals surface area contributed by atoms with Crippen molar-refractivity contribution in [2.75, 3.05) is 5.32 Å². The van der Waals surface area contributed by atoms with Crippen molar-refractivity contribution in [1.29, 1.82) is 0 Å². The van der Waals surface area contributed by atoms with Gasteiger partial charge in [0.2, 0.25) is 5.43 Å². The fraction of sp³-hybridized carbons (Fsp3) is 0.167. The monoisotopic (exact) mass is 501 g/mol. The van der Waals surface area contributed by atoms with Crippen molar-refractivity contribution in [3.63, 3.8) is 0 Å². The first kappa shape index (κ1) is 24.1. The molecule has 4 aromatic rings. The van der Waals surface area contributed by atoms with Crippen LogP contribution >= 0.6 is 11.3 Å². The van der Waals surface area contributed by atoms with Crippen molar-refractivity contribution in [3.8, 4) is 0 Å². The number of aromatic nitrogens is 2. The summed E-state index contributed by atoms with van der Waals surface area (Å²) in [5.41, 5.74) is -2.99. The number of carbonyl (C=O) groups excluding carboxylic acids is 2. The van der Waals surface area contributed by atoms with E-state index in [1.807, 2.05) is 0 Å². The Kier molecular flexibility index (Phi) is 6.70. The van der Waals surface area contributed by atoms with Gasteiger partial charge < -0.3 is 9.72 Å². The third kappa shape index (κ3) is 4.94. The lowest BCUT2D eigenvalue weighted by Crippen LogP contribution is -2.28. The van der Waals surface area contributed by atoms with Gasteiger partial charge in [-0.15, -0.1) is 11.3 Å². The first-order valence-electron chi connectivity index (χ1n) is 10.4. The van der Waals surface area contributed by atoms with Gasteiger partial charge in [-0.3, -0.25) is 14.9 Å². The van der Waals surface area contributed by atoms with Gasteiger partial charge >= 0.3 is 12.1 Å². The fourth-order valence-electron chi connectivity index (χ4n) is 3.60. The molecular weight excluding hydrogens is 483 g/mol. The maximum atomic E-state index is 13.7. The molecule has 0 saturated heterocycles. The summed E-state index contributed by atoms with van der Waals surface area (Å²) >= 11 is 1.10. The van der Waals surface area contributed by atoms with Crippen LogP contribution in [0.25, 0.3) is 10.9 Å². The van der Waals surface area contributed by atoms with Gasteiger partial charge in [0, 0.05) is 17.0 Å². The number of benzene rings is 2. The van der Waals surface area contributed by atoms with Crippen LogP contribution in [0.5, 0.6) is 0 Å². The van der Waals surface area contributed by atoms with E-state index in [1.54, 1.807) is 30.5 Å². The molecule has 0 aliphatic heterocycles. The Morgan fingerprint density at radius 1 is 1.14 bits per heavy atom. The summed E-state index contributed by atoms with van der Waals surface area (Å²) in [4.78, 5) is 45.7. The van der Waals surface area contributed by atoms with E-state index in [9.17, 15) is 27.6 Å². The number of thiazole rings is 1. The highest BCUT2D eigenvalue weighted by atomic mass is 32.1. The zero-order valence-corrected chi connectivity index (χ0v) is 19.0. The van der Waals surface area contributed by atoms with Crippen molar-refractivity contribution in [3.05, 3.63) is 92.7 Å². The first-order valence-corrected chi connectivity index (χ1v) is 11.3. The SMILES string of the molecule is CCC(OC(=O)c1ccccc1)c1[nH]c2c(C(F)(F)F)cccc2c(=O)c1C(=O)Nc1nccs1. The molecule has 0 aliphatic rings. The summed E-state index contributed by atoms with van der Waals surface area (Å²) in [6.07, 6.45) is -4.46. The minimum absolute atomic E-state index is 0.0751. The summed E-state index contributed by atoms with van der Waals surface area (Å²) in [5.74, 6) is -1.64. The van der Waals surface area contributed by atoms with E-state index in [0.29, 0.717) is 0 Å². The number of nitrogens with zero attached hydrogens (tertiary/aromatic N) is 1. The number of H-pyrrole nitrogens is 1. The number of anilines is 1. The van der Waals surface area contributed by atoms with Gasteiger partial charge in [-0.1, -0.05) is 31.2 Å². The molecule has 2 aromatic carbocycles. The van der Waals surface area contributed by atoms with Crippen LogP contribution in [-0.4, -0.2) is 21.8 Å². The fourth-order valence-corrected chi connectivity index (χ4v) is 4.12. The topological polar surface area (TPSA) is 101 Å². The van der Waals surface area contributed by atoms with Crippen molar-refractivity contribution in [1.82, 2.24) is 9.97 Å². The van der Waals surface area contributed by atoms with Crippen molar-refractivity contribution < 1.29 is 27.5 Å². The largest absolute Gasteiger partial charge is 0.452 e. The van der Waals surface area contributed by atoms with Gasteiger partial charge in [0.1, 0.15) is 11.7 Å². The van der Waals surface area contributed by atoms with Crippen LogP contribution in [0.4, 0.5) is 18.3 Å². The molecular formula is C24H18F3N3O4S. The van der Waals surface area contributed by atoms with Crippen molar-refractivity contribution in [2.45, 2.75) is 25.6 Å². The second-order valence-corrected chi connectivity index (χ2v) is 8.32. The molecule has 1 amide bonds. The lowest BCUT2D eigenvalue weighted by atomic mass is 10.0. The molecule has 0 aliphatic carbocycles. The van der Waals surface area contributed by atoms with E-state index in [2.05, 4.69) is 15.3 Å². The number of halogens is 3. The number of alkyl halides is 3. The van der Waals surface area contributed by atoms with Crippen LogP contribution < -0.4 is 10.7 Å². The number of amides is 1. The normalized spacial score (nSPS) is 12.3. The summed E-state index contributed by atoms with van der Waals surface area (Å²) < 4.78 is 46.7. The van der Waals surface area contributed by atoms with Gasteiger partial charge in [0.05, 0.1) is 22.3 Å². The van der Waals surface area contributed by atoms with Crippen LogP contribution in [-0.2, 0) is 10.9 Å². The molecule has 1 atom stereocenters. The minimum Gasteiger partial charge on any atom is -0.452 e. The lowest BCUT2D eigenvalue weighted by Gasteiger charge is -2.21. The Morgan fingerprint density at radius 2 is 1.89 bits per heavy atom. The van der Waals surface area contributed by atoms with E-state index in [1.165, 1.54) is 24.4 Å². The van der Waals surface area contributed by atoms with Gasteiger partial charge in [-0.25, -0.2) is 9.78 Å². The van der Waals surface area contributed by atoms with E-state index in [-0.39, 0.29) is 28.2 Å². The second kappa shape index (κ2) is 9.71. The number of ether oxygens (including phenoxy) is 1. The van der Waals surface area contributed by atoms with Gasteiger partial charge in [-0.05, 0) is 30.7 Å². The molecule has 35 heavy (non-hydrogen) atoms. The van der Waals surface area contributed by atoms with Gasteiger partial charge in [0.15, 0.2) is 5.13 Å². The Hall–Kier alpha value is -3.99. The number of hydrogen-bond donors (Lipinski definition) is 2. The average Bonchev–Trinajstić information content (AvgIpc) is 3.34. The lowest BCUT2D eigenvalue weighted by molar-refractivity contribution is -0.136. The second-order valence-electron chi connectivity index (χ2n) is 7.43. The zero-order valence-electron chi connectivity index (χ0n) is 18.2. The van der Waals surface area contributed by atoms with Crippen LogP contribution in [0.1, 0.15) is 51.4 Å². The first-order chi connectivity index (χ1) is 16.7. The quantitative estimate of drug-likeness (QED) is 0.337. The van der Waals surface area contributed by atoms with Gasteiger partial charge in [-0.2, -0.15) is 13.2 Å². The van der Waals surface area contributed by atoms with E-state index in [4.69, 9.17) is 4.74 Å². The number of para-hydroxylation sites is 1. The van der Waals surface area contributed by atoms with Crippen LogP contribution in [0.15, 0.2) is 64.9 Å². The third-order valence-corrected chi connectivity index (χ3v) is 5.89. The highest BCUT2D eigenvalue weighted by Crippen LogP contribution is 2.35. The molecule has 11 heteroatoms. The van der Waals surface area contributed by atoms with Crippen molar-refractivity contribution in [2.24, 2.45) is 0 Å². The Balaban J connectivity index is 1.90. The molecule has 2 N–H and O–H groups in total. The predicted octanol–water partition coefficient (Wildman–Crippen LogP) is 5.56. The standard InChI is InChI=1S/C24H18F3N3O4S/c1-2-16(34-22(33)13-7-4-3-5-8-13)19-17(21(32)30-23-28-11-12-35-23)20(31)14-9-6-10-15(18(14)29-19)24(25,26)27/h3-12,16H,2H2,1H3,(H,29,31)(H,28,30,32).